The van der Waals surface area contributed by atoms with E-state index in [1.807, 2.05) is 0 Å². The van der Waals surface area contributed by atoms with Crippen LogP contribution < -0.4 is 0 Å². The Labute approximate surface area is 168 Å². The van der Waals surface area contributed by atoms with Gasteiger partial charge in [0.15, 0.2) is 0 Å². The predicted octanol–water partition coefficient (Wildman–Crippen LogP) is 4.10. The Morgan fingerprint density at radius 3 is 2.59 bits per heavy atom. The summed E-state index contributed by atoms with van der Waals surface area (Å²) in [4.78, 5) is 3.92. The van der Waals surface area contributed by atoms with Crippen LogP contribution in [0, 0.1) is 36.5 Å². The molecule has 1 atom stereocenters. The van der Waals surface area contributed by atoms with E-state index in [-0.39, 0.29) is 47.4 Å². The second-order valence-electron chi connectivity index (χ2n) is 4.19. The average molecular weight is 575 g/mol. The minimum absolute atomic E-state index is 0. The molecule has 0 bridgehead atoms. The summed E-state index contributed by atoms with van der Waals surface area (Å²) >= 11 is 15.8. The predicted molar refractivity (Wildman–Crippen MR) is 88.9 cm³/mol. The number of pyridine rings is 1. The van der Waals surface area contributed by atoms with Gasteiger partial charge in [-0.3, -0.25) is 17.6 Å². The van der Waals surface area contributed by atoms with Crippen LogP contribution in [0.2, 0.25) is 10.0 Å². The van der Waals surface area contributed by atoms with Gasteiger partial charge in [-0.2, -0.15) is 5.57 Å². The van der Waals surface area contributed by atoms with Gasteiger partial charge in [-0.15, -0.1) is 5.56 Å². The van der Waals surface area contributed by atoms with Crippen LogP contribution in [0.5, 0.6) is 0 Å². The topological polar surface area (TPSA) is 55.4 Å². The van der Waals surface area contributed by atoms with Crippen LogP contribution in [0.25, 0.3) is 5.41 Å². The number of thiol groups is 1. The molecule has 0 aliphatic carbocycles. The zero-order valence-electron chi connectivity index (χ0n) is 11.2. The van der Waals surface area contributed by atoms with Gasteiger partial charge in [0.1, 0.15) is 0 Å². The Balaban J connectivity index is 0.00000242. The minimum atomic E-state index is -1.12. The molecule has 1 aromatic heterocycles. The normalized spacial score (nSPS) is 12.5. The van der Waals surface area contributed by atoms with Crippen molar-refractivity contribution in [2.45, 2.75) is 6.10 Å². The van der Waals surface area contributed by atoms with E-state index < -0.39 is 6.10 Å². The van der Waals surface area contributed by atoms with E-state index in [0.717, 1.165) is 0 Å². The fourth-order valence-corrected chi connectivity index (χ4v) is 2.50. The van der Waals surface area contributed by atoms with Crippen molar-refractivity contribution >= 4 is 41.5 Å². The van der Waals surface area contributed by atoms with E-state index in [1.165, 1.54) is 12.3 Å². The smallest absolute Gasteiger partial charge is 0.904 e. The molecule has 3 nitrogen and oxygen atoms in total. The average Bonchev–Trinajstić information content (AvgIpc) is 2.48. The van der Waals surface area contributed by atoms with Crippen molar-refractivity contribution in [3.63, 3.8) is 0 Å². The minimum Gasteiger partial charge on any atom is -0.904 e. The second kappa shape index (κ2) is 9.12. The zero-order chi connectivity index (χ0) is 15.4. The van der Waals surface area contributed by atoms with Gasteiger partial charge in [-0.05, 0) is 18.2 Å². The van der Waals surface area contributed by atoms with Crippen molar-refractivity contribution in [3.05, 3.63) is 80.3 Å². The fraction of sp³-hybridized carbons (Fsp3) is 0.0667. The number of nitrogens with zero attached hydrogens (tertiary/aromatic N) is 2. The van der Waals surface area contributed by atoms with Gasteiger partial charge in [0, 0.05) is 28.0 Å². The molecule has 0 spiro atoms. The van der Waals surface area contributed by atoms with Crippen molar-refractivity contribution in [2.75, 3.05) is 0 Å². The van der Waals surface area contributed by atoms with Gasteiger partial charge in [-0.1, -0.05) is 35.3 Å². The van der Waals surface area contributed by atoms with Crippen molar-refractivity contribution in [2.24, 2.45) is 0 Å². The maximum Gasteiger partial charge on any atom is 2.00 e. The van der Waals surface area contributed by atoms with Crippen molar-refractivity contribution < 1.29 is 36.2 Å². The first-order chi connectivity index (χ1) is 10.0. The largest absolute Gasteiger partial charge is 2.00 e. The van der Waals surface area contributed by atoms with Crippen LogP contribution in [-0.2, 0) is 0 Å². The molecule has 0 aliphatic heterocycles. The van der Waals surface area contributed by atoms with Gasteiger partial charge in [-0.25, -0.2) is 5.41 Å². The Morgan fingerprint density at radius 2 is 2.05 bits per heavy atom. The number of benzene rings is 1. The number of hydrogen-bond acceptors (Lipinski definition) is 3. The number of halogens is 2. The van der Waals surface area contributed by atoms with Gasteiger partial charge in [0.2, 0.25) is 0 Å². The quantitative estimate of drug-likeness (QED) is 0.328. The Hall–Kier alpha value is -0.278. The molecule has 0 amide bonds. The summed E-state index contributed by atoms with van der Waals surface area (Å²) in [5.74, 6) is 0. The molecule has 1 N–H and O–H groups in total. The first-order valence-corrected chi connectivity index (χ1v) is 7.11. The molecule has 0 fully saturated rings. The van der Waals surface area contributed by atoms with E-state index in [9.17, 15) is 10.5 Å². The number of rotatable bonds is 4. The van der Waals surface area contributed by atoms with Gasteiger partial charge < -0.3 is 16.2 Å². The van der Waals surface area contributed by atoms with Gasteiger partial charge >= 0.3 is 31.1 Å². The molecule has 2 aromatic rings. The molecular formula is C15H10Cl2N2OSU. The standard InChI is InChI=1S/C15H10Cl2N2OS.U/c16-10-3-4-11(13(17)6-10)14(18)12(8-21)15(20)9-2-1-5-19-7-9;/h1-7,15,20-21H;/q-2;+2. The molecule has 22 heavy (non-hydrogen) atoms. The van der Waals surface area contributed by atoms with Crippen LogP contribution in [0.4, 0.5) is 0 Å². The summed E-state index contributed by atoms with van der Waals surface area (Å²) in [5.41, 5.74) is 0.713. The summed E-state index contributed by atoms with van der Waals surface area (Å²) in [6, 6.07) is 8.01. The van der Waals surface area contributed by atoms with E-state index in [0.29, 0.717) is 16.1 Å². The van der Waals surface area contributed by atoms with Crippen LogP contribution in [-0.4, -0.2) is 15.8 Å². The first kappa shape index (κ1) is 19.8. The number of aliphatic hydroxyl groups excluding tert-OH is 1. The molecule has 0 radical (unpaired) electrons. The molecule has 7 heteroatoms. The molecule has 2 rings (SSSR count). The molecule has 1 heterocycles. The molecule has 0 saturated carbocycles. The van der Waals surface area contributed by atoms with E-state index in [4.69, 9.17) is 23.2 Å². The Bertz CT molecular complexity index is 695. The van der Waals surface area contributed by atoms with Crippen LogP contribution in [0.1, 0.15) is 17.2 Å². The summed E-state index contributed by atoms with van der Waals surface area (Å²) in [7, 11) is 0. The SMILES string of the molecule is [N-]=C(C(=[C-]S)C(O)c1cccnc1)c1ccc(Cl)cc1Cl.[U+2]. The van der Waals surface area contributed by atoms with Crippen molar-refractivity contribution in [1.29, 1.82) is 0 Å². The number of hydrogen-bond donors (Lipinski definition) is 2. The van der Waals surface area contributed by atoms with Gasteiger partial charge in [0.05, 0.1) is 6.10 Å². The summed E-state index contributed by atoms with van der Waals surface area (Å²) in [6.07, 6.45) is 1.96. The van der Waals surface area contributed by atoms with Crippen molar-refractivity contribution in [1.82, 2.24) is 4.98 Å². The van der Waals surface area contributed by atoms with E-state index in [1.54, 1.807) is 30.5 Å². The maximum absolute atomic E-state index is 10.3. The second-order valence-corrected chi connectivity index (χ2v) is 5.25. The zero-order valence-corrected chi connectivity index (χ0v) is 17.7. The molecule has 1 unspecified atom stereocenters. The summed E-state index contributed by atoms with van der Waals surface area (Å²) in [6.45, 7) is 0. The van der Waals surface area contributed by atoms with Crippen molar-refractivity contribution in [3.8, 4) is 0 Å². The van der Waals surface area contributed by atoms with Crippen LogP contribution in [0.3, 0.4) is 0 Å². The number of aliphatic hydroxyl groups is 1. The third-order valence-electron chi connectivity index (χ3n) is 2.84. The molecule has 1 aromatic carbocycles. The fourth-order valence-electron chi connectivity index (χ4n) is 1.77. The third kappa shape index (κ3) is 4.61. The molecular weight excluding hydrogens is 565 g/mol. The number of aromatic nitrogens is 1. The Kier molecular flexibility index (Phi) is 8.20. The summed E-state index contributed by atoms with van der Waals surface area (Å²) < 4.78 is 0. The van der Waals surface area contributed by atoms with Crippen LogP contribution >= 0.6 is 35.8 Å². The van der Waals surface area contributed by atoms with E-state index >= 15 is 0 Å². The van der Waals surface area contributed by atoms with Gasteiger partial charge in [0.25, 0.3) is 0 Å². The van der Waals surface area contributed by atoms with Crippen LogP contribution in [0.15, 0.2) is 48.3 Å². The summed E-state index contributed by atoms with van der Waals surface area (Å²) in [5, 5.41) is 23.9. The monoisotopic (exact) mass is 574 g/mol. The third-order valence-corrected chi connectivity index (χ3v) is 3.62. The Morgan fingerprint density at radius 1 is 1.32 bits per heavy atom. The first-order valence-electron chi connectivity index (χ1n) is 5.91. The molecule has 110 valence electrons. The van der Waals surface area contributed by atoms with E-state index in [2.05, 4.69) is 23.0 Å². The molecule has 0 saturated heterocycles. The molecule has 0 aliphatic rings. The maximum atomic E-state index is 10.3.